The Morgan fingerprint density at radius 1 is 1.30 bits per heavy atom. The van der Waals surface area contributed by atoms with Crippen molar-refractivity contribution in [3.63, 3.8) is 0 Å². The molecule has 0 aliphatic heterocycles. The Morgan fingerprint density at radius 2 is 2.00 bits per heavy atom. The highest BCUT2D eigenvalue weighted by Gasteiger charge is 2.14. The topological polar surface area (TPSA) is 80.7 Å². The quantitative estimate of drug-likeness (QED) is 0.387. The van der Waals surface area contributed by atoms with Gasteiger partial charge < -0.3 is 15.7 Å². The average Bonchev–Trinajstić information content (AvgIpc) is 2.45. The van der Waals surface area contributed by atoms with Crippen LogP contribution in [0.3, 0.4) is 0 Å². The van der Waals surface area contributed by atoms with Crippen LogP contribution in [0.15, 0.2) is 41.6 Å². The Labute approximate surface area is 117 Å². The lowest BCUT2D eigenvalue weighted by atomic mass is 10.1. The number of nitrogens with two attached hydrogens (primary N) is 1. The van der Waals surface area contributed by atoms with Crippen LogP contribution in [0.2, 0.25) is 0 Å². The van der Waals surface area contributed by atoms with E-state index in [0.717, 1.165) is 16.8 Å². The van der Waals surface area contributed by atoms with Crippen molar-refractivity contribution in [2.45, 2.75) is 20.5 Å². The second-order valence-electron chi connectivity index (χ2n) is 4.52. The largest absolute Gasteiger partial charge is 0.472 e. The fourth-order valence-electron chi connectivity index (χ4n) is 1.99. The van der Waals surface area contributed by atoms with Gasteiger partial charge in [-0.2, -0.15) is 0 Å². The zero-order valence-electron chi connectivity index (χ0n) is 11.5. The van der Waals surface area contributed by atoms with Crippen LogP contribution in [0.25, 0.3) is 0 Å². The molecule has 104 valence electrons. The average molecular weight is 271 g/mol. The molecule has 0 unspecified atom stereocenters. The third-order valence-electron chi connectivity index (χ3n) is 2.89. The van der Waals surface area contributed by atoms with Crippen molar-refractivity contribution in [2.24, 2.45) is 10.9 Å². The number of hydrogen-bond donors (Lipinski definition) is 2. The lowest BCUT2D eigenvalue weighted by Crippen LogP contribution is -2.17. The van der Waals surface area contributed by atoms with Gasteiger partial charge in [0.05, 0.1) is 5.56 Å². The molecule has 3 N–H and O–H groups in total. The highest BCUT2D eigenvalue weighted by Crippen LogP contribution is 2.21. The second kappa shape index (κ2) is 6.06. The van der Waals surface area contributed by atoms with E-state index in [4.69, 9.17) is 15.7 Å². The number of nitrogens with zero attached hydrogens (tertiary/aromatic N) is 2. The maximum absolute atomic E-state index is 8.87. The van der Waals surface area contributed by atoms with Gasteiger partial charge >= 0.3 is 0 Å². The van der Waals surface area contributed by atoms with Gasteiger partial charge in [0.15, 0.2) is 5.84 Å². The van der Waals surface area contributed by atoms with E-state index in [1.807, 2.05) is 50.2 Å². The van der Waals surface area contributed by atoms with Crippen LogP contribution in [-0.2, 0) is 6.61 Å². The summed E-state index contributed by atoms with van der Waals surface area (Å²) in [5, 5.41) is 11.9. The molecule has 0 bridgehead atoms. The molecule has 1 aromatic carbocycles. The van der Waals surface area contributed by atoms with Crippen LogP contribution in [0.5, 0.6) is 5.88 Å². The van der Waals surface area contributed by atoms with Gasteiger partial charge in [-0.1, -0.05) is 35.5 Å². The Hall–Kier alpha value is -2.56. The van der Waals surface area contributed by atoms with Gasteiger partial charge in [-0.05, 0) is 31.0 Å². The number of aromatic nitrogens is 1. The van der Waals surface area contributed by atoms with E-state index in [0.29, 0.717) is 18.1 Å². The molecule has 1 aromatic heterocycles. The third kappa shape index (κ3) is 3.06. The standard InChI is InChI=1S/C15H17N3O2/c1-10-8-11(2)17-15(13(10)14(16)18-19)20-9-12-6-4-3-5-7-12/h3-8,19H,9H2,1-2H3,(H2,16,18). The van der Waals surface area contributed by atoms with E-state index < -0.39 is 0 Å². The molecule has 0 saturated heterocycles. The number of pyridine rings is 1. The Morgan fingerprint density at radius 3 is 2.65 bits per heavy atom. The van der Waals surface area contributed by atoms with Gasteiger partial charge in [-0.15, -0.1) is 0 Å². The minimum atomic E-state index is -0.00179. The molecule has 0 aliphatic carbocycles. The van der Waals surface area contributed by atoms with Crippen molar-refractivity contribution in [2.75, 3.05) is 0 Å². The van der Waals surface area contributed by atoms with Gasteiger partial charge in [0.1, 0.15) is 6.61 Å². The van der Waals surface area contributed by atoms with Crippen LogP contribution in [0.4, 0.5) is 0 Å². The van der Waals surface area contributed by atoms with Gasteiger partial charge in [0.25, 0.3) is 0 Å². The number of aryl methyl sites for hydroxylation is 2. The van der Waals surface area contributed by atoms with Crippen molar-refractivity contribution in [3.8, 4) is 5.88 Å². The third-order valence-corrected chi connectivity index (χ3v) is 2.89. The van der Waals surface area contributed by atoms with Gasteiger partial charge in [-0.25, -0.2) is 4.98 Å². The number of oxime groups is 1. The van der Waals surface area contributed by atoms with E-state index in [1.165, 1.54) is 0 Å². The van der Waals surface area contributed by atoms with E-state index in [1.54, 1.807) is 0 Å². The minimum absolute atomic E-state index is 0.00179. The number of rotatable bonds is 4. The van der Waals surface area contributed by atoms with Gasteiger partial charge in [0, 0.05) is 5.69 Å². The highest BCUT2D eigenvalue weighted by molar-refractivity contribution is 6.00. The molecule has 1 heterocycles. The number of hydrogen-bond acceptors (Lipinski definition) is 4. The molecule has 20 heavy (non-hydrogen) atoms. The van der Waals surface area contributed by atoms with Crippen LogP contribution in [0, 0.1) is 13.8 Å². The zero-order valence-corrected chi connectivity index (χ0v) is 11.5. The summed E-state index contributed by atoms with van der Waals surface area (Å²) < 4.78 is 5.72. The normalized spacial score (nSPS) is 11.4. The van der Waals surface area contributed by atoms with Gasteiger partial charge in [-0.3, -0.25) is 0 Å². The molecular weight excluding hydrogens is 254 g/mol. The molecule has 5 nitrogen and oxygen atoms in total. The van der Waals surface area contributed by atoms with Crippen molar-refractivity contribution in [1.82, 2.24) is 4.98 Å². The summed E-state index contributed by atoms with van der Waals surface area (Å²) in [5.41, 5.74) is 8.92. The lowest BCUT2D eigenvalue weighted by molar-refractivity contribution is 0.291. The molecule has 2 aromatic rings. The molecule has 0 amide bonds. The minimum Gasteiger partial charge on any atom is -0.472 e. The predicted molar refractivity (Wildman–Crippen MR) is 77.0 cm³/mol. The molecule has 0 saturated carbocycles. The Balaban J connectivity index is 2.31. The number of ether oxygens (including phenoxy) is 1. The van der Waals surface area contributed by atoms with Crippen molar-refractivity contribution in [3.05, 3.63) is 58.8 Å². The zero-order chi connectivity index (χ0) is 14.5. The number of amidine groups is 1. The first-order valence-electron chi connectivity index (χ1n) is 6.24. The second-order valence-corrected chi connectivity index (χ2v) is 4.52. The van der Waals surface area contributed by atoms with E-state index in [9.17, 15) is 0 Å². The summed E-state index contributed by atoms with van der Waals surface area (Å²) in [6, 6.07) is 11.6. The fourth-order valence-corrected chi connectivity index (χ4v) is 1.99. The summed E-state index contributed by atoms with van der Waals surface area (Å²) in [5.74, 6) is 0.375. The van der Waals surface area contributed by atoms with Crippen molar-refractivity contribution < 1.29 is 9.94 Å². The summed E-state index contributed by atoms with van der Waals surface area (Å²) in [6.45, 7) is 4.12. The van der Waals surface area contributed by atoms with E-state index >= 15 is 0 Å². The van der Waals surface area contributed by atoms with Crippen molar-refractivity contribution >= 4 is 5.84 Å². The summed E-state index contributed by atoms with van der Waals surface area (Å²) in [7, 11) is 0. The maximum Gasteiger partial charge on any atom is 0.225 e. The highest BCUT2D eigenvalue weighted by atomic mass is 16.5. The smallest absolute Gasteiger partial charge is 0.225 e. The van der Waals surface area contributed by atoms with Crippen LogP contribution in [0.1, 0.15) is 22.4 Å². The van der Waals surface area contributed by atoms with Crippen LogP contribution >= 0.6 is 0 Å². The van der Waals surface area contributed by atoms with E-state index in [-0.39, 0.29) is 5.84 Å². The molecule has 0 aliphatic rings. The Bertz CT molecular complexity index is 625. The van der Waals surface area contributed by atoms with Crippen molar-refractivity contribution in [1.29, 1.82) is 0 Å². The van der Waals surface area contributed by atoms with Crippen LogP contribution < -0.4 is 10.5 Å². The predicted octanol–water partition coefficient (Wildman–Crippen LogP) is 2.37. The first-order chi connectivity index (χ1) is 9.61. The lowest BCUT2D eigenvalue weighted by Gasteiger charge is -2.13. The molecular formula is C15H17N3O2. The maximum atomic E-state index is 8.87. The summed E-state index contributed by atoms with van der Waals surface area (Å²) in [6.07, 6.45) is 0. The SMILES string of the molecule is Cc1cc(C)c(/C(N)=N/O)c(OCc2ccccc2)n1. The first-order valence-corrected chi connectivity index (χ1v) is 6.24. The first kappa shape index (κ1) is 13.9. The van der Waals surface area contributed by atoms with E-state index in [2.05, 4.69) is 10.1 Å². The van der Waals surface area contributed by atoms with Crippen LogP contribution in [-0.4, -0.2) is 16.0 Å². The summed E-state index contributed by atoms with van der Waals surface area (Å²) in [4.78, 5) is 4.32. The van der Waals surface area contributed by atoms with Gasteiger partial charge in [0.2, 0.25) is 5.88 Å². The molecule has 2 rings (SSSR count). The monoisotopic (exact) mass is 271 g/mol. The number of benzene rings is 1. The fraction of sp³-hybridized carbons (Fsp3) is 0.200. The molecule has 5 heteroatoms. The summed E-state index contributed by atoms with van der Waals surface area (Å²) >= 11 is 0. The molecule has 0 fully saturated rings. The molecule has 0 atom stereocenters. The Kier molecular flexibility index (Phi) is 4.20. The molecule has 0 spiro atoms. The molecule has 0 radical (unpaired) electrons.